The van der Waals surface area contributed by atoms with E-state index in [0.717, 1.165) is 43.7 Å². The molecule has 28 heavy (non-hydrogen) atoms. The van der Waals surface area contributed by atoms with Crippen molar-refractivity contribution in [2.75, 3.05) is 0 Å². The highest BCUT2D eigenvalue weighted by atomic mass is 79.9. The minimum atomic E-state index is 0.843. The molecule has 0 amide bonds. The van der Waals surface area contributed by atoms with Gasteiger partial charge in [-0.05, 0) is 46.1 Å². The molecule has 0 atom stereocenters. The normalized spacial score (nSPS) is 11.1. The summed E-state index contributed by atoms with van der Waals surface area (Å²) in [4.78, 5) is 17.4. The Bertz CT molecular complexity index is 1130. The maximum absolute atomic E-state index is 4.75. The third-order valence-electron chi connectivity index (χ3n) is 4.35. The number of aromatic nitrogens is 4. The number of halogens is 1. The van der Waals surface area contributed by atoms with Gasteiger partial charge in [-0.15, -0.1) is 0 Å². The first-order chi connectivity index (χ1) is 13.7. The molecule has 5 heteroatoms. The topological polar surface area (TPSA) is 51.6 Å². The van der Waals surface area contributed by atoms with Gasteiger partial charge in [-0.2, -0.15) is 0 Å². The van der Waals surface area contributed by atoms with Crippen LogP contribution in [0.2, 0.25) is 0 Å². The molecular weight excluding hydrogens is 412 g/mol. The minimum Gasteiger partial charge on any atom is -0.255 e. The Labute approximate surface area is 172 Å². The monoisotopic (exact) mass is 428 g/mol. The van der Waals surface area contributed by atoms with E-state index in [-0.39, 0.29) is 0 Å². The van der Waals surface area contributed by atoms with Gasteiger partial charge in [-0.3, -0.25) is 4.98 Å². The van der Waals surface area contributed by atoms with Gasteiger partial charge < -0.3 is 0 Å². The van der Waals surface area contributed by atoms with Crippen LogP contribution in [0.15, 0.2) is 78.2 Å². The highest BCUT2D eigenvalue weighted by molar-refractivity contribution is 9.10. The summed E-state index contributed by atoms with van der Waals surface area (Å²) in [6, 6.07) is 14.4. The van der Waals surface area contributed by atoms with Crippen LogP contribution in [0.3, 0.4) is 0 Å². The zero-order valence-corrected chi connectivity index (χ0v) is 16.8. The maximum Gasteiger partial charge on any atom is 0.115 e. The van der Waals surface area contributed by atoms with Gasteiger partial charge in [0.15, 0.2) is 0 Å². The Hall–Kier alpha value is -3.18. The molecule has 0 aliphatic rings. The van der Waals surface area contributed by atoms with Crippen molar-refractivity contribution >= 4 is 28.1 Å². The summed E-state index contributed by atoms with van der Waals surface area (Å²) in [5.41, 5.74) is 6.97. The van der Waals surface area contributed by atoms with Crippen LogP contribution < -0.4 is 0 Å². The molecule has 0 saturated heterocycles. The average Bonchev–Trinajstić information content (AvgIpc) is 2.75. The van der Waals surface area contributed by atoms with Crippen LogP contribution in [0.1, 0.15) is 16.7 Å². The standard InChI is InChI=1S/C23H17BrN4/c1-16-9-20(14-28-23(16)24)22-18(8-7-17-5-3-2-4-6-17)10-19(13-27-22)21-11-25-15-26-12-21/h2-15H,1H3/b8-7+. The summed E-state index contributed by atoms with van der Waals surface area (Å²) in [7, 11) is 0. The lowest BCUT2D eigenvalue weighted by Gasteiger charge is -2.10. The fraction of sp³-hybridized carbons (Fsp3) is 0.0435. The van der Waals surface area contributed by atoms with E-state index in [9.17, 15) is 0 Å². The first-order valence-corrected chi connectivity index (χ1v) is 9.61. The summed E-state index contributed by atoms with van der Waals surface area (Å²) < 4.78 is 0.843. The molecule has 0 aliphatic carbocycles. The van der Waals surface area contributed by atoms with Crippen LogP contribution in [0.25, 0.3) is 34.5 Å². The van der Waals surface area contributed by atoms with Crippen molar-refractivity contribution in [3.63, 3.8) is 0 Å². The third-order valence-corrected chi connectivity index (χ3v) is 5.18. The summed E-state index contributed by atoms with van der Waals surface area (Å²) in [5.74, 6) is 0. The Balaban J connectivity index is 1.82. The SMILES string of the molecule is Cc1cc(-c2ncc(-c3cncnc3)cc2/C=C/c2ccccc2)cnc1Br. The van der Waals surface area contributed by atoms with Crippen molar-refractivity contribution in [3.05, 3.63) is 94.9 Å². The molecular formula is C23H17BrN4. The number of hydrogen-bond acceptors (Lipinski definition) is 4. The molecule has 4 aromatic rings. The smallest absolute Gasteiger partial charge is 0.115 e. The second-order valence-electron chi connectivity index (χ2n) is 6.36. The molecule has 3 aromatic heterocycles. The van der Waals surface area contributed by atoms with E-state index in [1.54, 1.807) is 12.4 Å². The molecule has 4 nitrogen and oxygen atoms in total. The van der Waals surface area contributed by atoms with E-state index < -0.39 is 0 Å². The predicted octanol–water partition coefficient (Wildman–Crippen LogP) is 5.84. The first-order valence-electron chi connectivity index (χ1n) is 8.82. The number of pyridine rings is 2. The fourth-order valence-electron chi connectivity index (χ4n) is 2.89. The van der Waals surface area contributed by atoms with E-state index in [4.69, 9.17) is 4.98 Å². The Kier molecular flexibility index (Phi) is 5.35. The number of aryl methyl sites for hydroxylation is 1. The highest BCUT2D eigenvalue weighted by Gasteiger charge is 2.10. The van der Waals surface area contributed by atoms with Crippen molar-refractivity contribution in [2.45, 2.75) is 6.92 Å². The van der Waals surface area contributed by atoms with E-state index in [2.05, 4.69) is 67.3 Å². The zero-order chi connectivity index (χ0) is 19.3. The molecule has 0 fully saturated rings. The molecule has 0 bridgehead atoms. The molecule has 3 heterocycles. The lowest BCUT2D eigenvalue weighted by atomic mass is 10.0. The molecule has 1 aromatic carbocycles. The van der Waals surface area contributed by atoms with Gasteiger partial charge in [-0.25, -0.2) is 15.0 Å². The van der Waals surface area contributed by atoms with Gasteiger partial charge in [-0.1, -0.05) is 42.5 Å². The summed E-state index contributed by atoms with van der Waals surface area (Å²) in [6.07, 6.45) is 13.0. The second kappa shape index (κ2) is 8.23. The number of rotatable bonds is 4. The minimum absolute atomic E-state index is 0.843. The fourth-order valence-corrected chi connectivity index (χ4v) is 3.11. The second-order valence-corrected chi connectivity index (χ2v) is 7.12. The summed E-state index contributed by atoms with van der Waals surface area (Å²) in [6.45, 7) is 2.02. The average molecular weight is 429 g/mol. The van der Waals surface area contributed by atoms with Crippen molar-refractivity contribution in [1.82, 2.24) is 19.9 Å². The van der Waals surface area contributed by atoms with Gasteiger partial charge in [0.2, 0.25) is 0 Å². The quantitative estimate of drug-likeness (QED) is 0.383. The lowest BCUT2D eigenvalue weighted by molar-refractivity contribution is 1.16. The highest BCUT2D eigenvalue weighted by Crippen LogP contribution is 2.29. The molecule has 0 N–H and O–H groups in total. The van der Waals surface area contributed by atoms with E-state index in [1.807, 2.05) is 37.5 Å². The Morgan fingerprint density at radius 1 is 0.786 bits per heavy atom. The van der Waals surface area contributed by atoms with Crippen LogP contribution in [-0.2, 0) is 0 Å². The summed E-state index contributed by atoms with van der Waals surface area (Å²) >= 11 is 3.46. The molecule has 0 aliphatic heterocycles. The van der Waals surface area contributed by atoms with E-state index in [1.165, 1.54) is 6.33 Å². The van der Waals surface area contributed by atoms with Crippen molar-refractivity contribution in [2.24, 2.45) is 0 Å². The Morgan fingerprint density at radius 3 is 2.29 bits per heavy atom. The van der Waals surface area contributed by atoms with Crippen molar-refractivity contribution < 1.29 is 0 Å². The third kappa shape index (κ3) is 4.05. The Morgan fingerprint density at radius 2 is 1.54 bits per heavy atom. The van der Waals surface area contributed by atoms with Crippen LogP contribution in [0, 0.1) is 6.92 Å². The van der Waals surface area contributed by atoms with Crippen molar-refractivity contribution in [3.8, 4) is 22.4 Å². The van der Waals surface area contributed by atoms with Gasteiger partial charge in [0.1, 0.15) is 10.9 Å². The van der Waals surface area contributed by atoms with Crippen LogP contribution in [0.4, 0.5) is 0 Å². The van der Waals surface area contributed by atoms with E-state index >= 15 is 0 Å². The molecule has 4 rings (SSSR count). The lowest BCUT2D eigenvalue weighted by Crippen LogP contribution is -1.93. The van der Waals surface area contributed by atoms with Gasteiger partial charge in [0.25, 0.3) is 0 Å². The first kappa shape index (κ1) is 18.2. The molecule has 0 saturated carbocycles. The van der Waals surface area contributed by atoms with Crippen LogP contribution in [0.5, 0.6) is 0 Å². The molecule has 0 unspecified atom stereocenters. The van der Waals surface area contributed by atoms with Gasteiger partial charge >= 0.3 is 0 Å². The summed E-state index contributed by atoms with van der Waals surface area (Å²) in [5, 5.41) is 0. The van der Waals surface area contributed by atoms with Crippen LogP contribution >= 0.6 is 15.9 Å². The maximum atomic E-state index is 4.75. The predicted molar refractivity (Wildman–Crippen MR) is 116 cm³/mol. The molecule has 136 valence electrons. The number of hydrogen-bond donors (Lipinski definition) is 0. The van der Waals surface area contributed by atoms with Crippen LogP contribution in [-0.4, -0.2) is 19.9 Å². The largest absolute Gasteiger partial charge is 0.255 e. The van der Waals surface area contributed by atoms with E-state index in [0.29, 0.717) is 0 Å². The molecule has 0 spiro atoms. The zero-order valence-electron chi connectivity index (χ0n) is 15.2. The molecule has 0 radical (unpaired) electrons. The van der Waals surface area contributed by atoms with Gasteiger partial charge in [0, 0.05) is 47.0 Å². The van der Waals surface area contributed by atoms with Crippen molar-refractivity contribution in [1.29, 1.82) is 0 Å². The van der Waals surface area contributed by atoms with Gasteiger partial charge in [0.05, 0.1) is 5.69 Å². The number of benzene rings is 1. The number of nitrogens with zero attached hydrogens (tertiary/aromatic N) is 4.